The second-order valence-electron chi connectivity index (χ2n) is 5.09. The summed E-state index contributed by atoms with van der Waals surface area (Å²) in [5.41, 5.74) is 4.67. The summed E-state index contributed by atoms with van der Waals surface area (Å²) in [6.07, 6.45) is 0.169. The van der Waals surface area contributed by atoms with E-state index in [-0.39, 0.29) is 6.10 Å². The molecule has 0 amide bonds. The number of anilines is 2. The van der Waals surface area contributed by atoms with Gasteiger partial charge in [0.25, 0.3) is 0 Å². The van der Waals surface area contributed by atoms with E-state index in [1.165, 1.54) is 11.1 Å². The second kappa shape index (κ2) is 5.79. The topological polar surface area (TPSA) is 21.3 Å². The highest BCUT2D eigenvalue weighted by Crippen LogP contribution is 2.28. The summed E-state index contributed by atoms with van der Waals surface area (Å²) in [4.78, 5) is 0. The maximum atomic E-state index is 5.81. The molecule has 19 heavy (non-hydrogen) atoms. The molecule has 100 valence electrons. The van der Waals surface area contributed by atoms with E-state index in [2.05, 4.69) is 37.4 Å². The maximum absolute atomic E-state index is 5.81. The molecule has 0 aromatic heterocycles. The minimum atomic E-state index is 0.169. The average molecular weight is 255 g/mol. The van der Waals surface area contributed by atoms with Crippen molar-refractivity contribution in [1.82, 2.24) is 0 Å². The summed E-state index contributed by atoms with van der Waals surface area (Å²) in [6.45, 7) is 8.31. The number of ether oxygens (including phenoxy) is 1. The van der Waals surface area contributed by atoms with E-state index in [1.807, 2.05) is 38.1 Å². The quantitative estimate of drug-likeness (QED) is 0.844. The summed E-state index contributed by atoms with van der Waals surface area (Å²) < 4.78 is 5.81. The lowest BCUT2D eigenvalue weighted by molar-refractivity contribution is 0.244. The van der Waals surface area contributed by atoms with Crippen LogP contribution in [0.3, 0.4) is 0 Å². The van der Waals surface area contributed by atoms with E-state index in [9.17, 15) is 0 Å². The van der Waals surface area contributed by atoms with Crippen molar-refractivity contribution in [2.75, 3.05) is 5.32 Å². The Bertz CT molecular complexity index is 561. The molecule has 0 aliphatic heterocycles. The molecule has 0 saturated heterocycles. The third-order valence-corrected chi connectivity index (χ3v) is 3.04. The van der Waals surface area contributed by atoms with Gasteiger partial charge in [-0.3, -0.25) is 0 Å². The molecule has 0 spiro atoms. The molecule has 0 unspecified atom stereocenters. The Hall–Kier alpha value is -1.96. The molecule has 0 aliphatic carbocycles. The first-order valence-electron chi connectivity index (χ1n) is 6.66. The van der Waals surface area contributed by atoms with Crippen LogP contribution >= 0.6 is 0 Å². The summed E-state index contributed by atoms with van der Waals surface area (Å²) in [5.74, 6) is 0.885. The van der Waals surface area contributed by atoms with Crippen LogP contribution in [0.5, 0.6) is 5.75 Å². The third-order valence-electron chi connectivity index (χ3n) is 3.04. The van der Waals surface area contributed by atoms with Gasteiger partial charge in [-0.25, -0.2) is 0 Å². The fourth-order valence-electron chi connectivity index (χ4n) is 1.90. The second-order valence-corrected chi connectivity index (χ2v) is 5.09. The van der Waals surface area contributed by atoms with Gasteiger partial charge in [-0.15, -0.1) is 0 Å². The first kappa shape index (κ1) is 13.5. The molecule has 2 heteroatoms. The van der Waals surface area contributed by atoms with Crippen LogP contribution in [0, 0.1) is 13.8 Å². The van der Waals surface area contributed by atoms with Gasteiger partial charge < -0.3 is 10.1 Å². The minimum absolute atomic E-state index is 0.169. The Balaban J connectivity index is 2.25. The van der Waals surface area contributed by atoms with Crippen LogP contribution in [0.1, 0.15) is 25.0 Å². The minimum Gasteiger partial charge on any atom is -0.489 e. The van der Waals surface area contributed by atoms with Crippen molar-refractivity contribution in [3.05, 3.63) is 53.6 Å². The first-order valence-corrected chi connectivity index (χ1v) is 6.66. The lowest BCUT2D eigenvalue weighted by atomic mass is 10.1. The van der Waals surface area contributed by atoms with Gasteiger partial charge in [0, 0.05) is 5.69 Å². The van der Waals surface area contributed by atoms with Crippen LogP contribution < -0.4 is 10.1 Å². The normalized spacial score (nSPS) is 10.6. The summed E-state index contributed by atoms with van der Waals surface area (Å²) >= 11 is 0. The van der Waals surface area contributed by atoms with E-state index in [0.29, 0.717) is 0 Å². The van der Waals surface area contributed by atoms with E-state index in [4.69, 9.17) is 4.74 Å². The molecule has 0 atom stereocenters. The summed E-state index contributed by atoms with van der Waals surface area (Å²) in [5, 5.41) is 3.42. The average Bonchev–Trinajstić information content (AvgIpc) is 2.36. The van der Waals surface area contributed by atoms with E-state index in [1.54, 1.807) is 0 Å². The molecule has 0 aliphatic rings. The standard InChI is InChI=1S/C17H21NO/c1-12(2)19-17-8-6-5-7-16(17)18-15-10-9-13(3)14(4)11-15/h5-12,18H,1-4H3. The van der Waals surface area contributed by atoms with Crippen LogP contribution in [0.2, 0.25) is 0 Å². The first-order chi connectivity index (χ1) is 9.06. The fraction of sp³-hybridized carbons (Fsp3) is 0.294. The van der Waals surface area contributed by atoms with Crippen molar-refractivity contribution in [1.29, 1.82) is 0 Å². The van der Waals surface area contributed by atoms with Gasteiger partial charge in [-0.2, -0.15) is 0 Å². The van der Waals surface area contributed by atoms with Gasteiger partial charge in [0.1, 0.15) is 5.75 Å². The molecule has 2 aromatic rings. The van der Waals surface area contributed by atoms with E-state index in [0.717, 1.165) is 17.1 Å². The fourth-order valence-corrected chi connectivity index (χ4v) is 1.90. The third kappa shape index (κ3) is 3.50. The van der Waals surface area contributed by atoms with E-state index < -0.39 is 0 Å². The molecule has 0 bridgehead atoms. The van der Waals surface area contributed by atoms with Crippen LogP contribution in [0.4, 0.5) is 11.4 Å². The van der Waals surface area contributed by atoms with Crippen molar-refractivity contribution in [3.8, 4) is 5.75 Å². The molecule has 2 rings (SSSR count). The molecule has 0 heterocycles. The highest BCUT2D eigenvalue weighted by atomic mass is 16.5. The zero-order chi connectivity index (χ0) is 13.8. The molecular weight excluding hydrogens is 234 g/mol. The zero-order valence-electron chi connectivity index (χ0n) is 12.0. The lowest BCUT2D eigenvalue weighted by Gasteiger charge is -2.16. The monoisotopic (exact) mass is 255 g/mol. The molecule has 0 radical (unpaired) electrons. The number of para-hydroxylation sites is 2. The molecule has 0 fully saturated rings. The Labute approximate surface area is 115 Å². The van der Waals surface area contributed by atoms with Gasteiger partial charge in [0.15, 0.2) is 0 Å². The Morgan fingerprint density at radius 3 is 2.37 bits per heavy atom. The highest BCUT2D eigenvalue weighted by Gasteiger charge is 2.05. The molecule has 1 N–H and O–H groups in total. The van der Waals surface area contributed by atoms with Crippen LogP contribution in [0.15, 0.2) is 42.5 Å². The number of aryl methyl sites for hydroxylation is 2. The maximum Gasteiger partial charge on any atom is 0.143 e. The van der Waals surface area contributed by atoms with Gasteiger partial charge in [-0.1, -0.05) is 18.2 Å². The number of rotatable bonds is 4. The van der Waals surface area contributed by atoms with Crippen molar-refractivity contribution in [2.45, 2.75) is 33.8 Å². The Kier molecular flexibility index (Phi) is 4.10. The zero-order valence-corrected chi connectivity index (χ0v) is 12.0. The number of nitrogens with one attached hydrogen (secondary N) is 1. The Morgan fingerprint density at radius 1 is 0.947 bits per heavy atom. The van der Waals surface area contributed by atoms with Crippen molar-refractivity contribution in [3.63, 3.8) is 0 Å². The Morgan fingerprint density at radius 2 is 1.68 bits per heavy atom. The van der Waals surface area contributed by atoms with Gasteiger partial charge in [0.2, 0.25) is 0 Å². The van der Waals surface area contributed by atoms with E-state index >= 15 is 0 Å². The summed E-state index contributed by atoms with van der Waals surface area (Å²) in [7, 11) is 0. The van der Waals surface area contributed by atoms with Crippen LogP contribution in [-0.2, 0) is 0 Å². The van der Waals surface area contributed by atoms with Crippen LogP contribution in [0.25, 0.3) is 0 Å². The predicted octanol–water partition coefficient (Wildman–Crippen LogP) is 4.83. The molecule has 0 saturated carbocycles. The SMILES string of the molecule is Cc1ccc(Nc2ccccc2OC(C)C)cc1C. The van der Waals surface area contributed by atoms with Crippen LogP contribution in [-0.4, -0.2) is 6.10 Å². The van der Waals surface area contributed by atoms with Gasteiger partial charge >= 0.3 is 0 Å². The highest BCUT2D eigenvalue weighted by molar-refractivity contribution is 5.66. The number of hydrogen-bond donors (Lipinski definition) is 1. The smallest absolute Gasteiger partial charge is 0.143 e. The molecule has 2 nitrogen and oxygen atoms in total. The van der Waals surface area contributed by atoms with Crippen molar-refractivity contribution < 1.29 is 4.74 Å². The van der Waals surface area contributed by atoms with Crippen molar-refractivity contribution >= 4 is 11.4 Å². The molecule has 2 aromatic carbocycles. The largest absolute Gasteiger partial charge is 0.489 e. The van der Waals surface area contributed by atoms with Gasteiger partial charge in [-0.05, 0) is 63.1 Å². The number of benzene rings is 2. The van der Waals surface area contributed by atoms with Crippen molar-refractivity contribution in [2.24, 2.45) is 0 Å². The lowest BCUT2D eigenvalue weighted by Crippen LogP contribution is -2.07. The number of hydrogen-bond acceptors (Lipinski definition) is 2. The molecular formula is C17H21NO. The van der Waals surface area contributed by atoms with Gasteiger partial charge in [0.05, 0.1) is 11.8 Å². The summed E-state index contributed by atoms with van der Waals surface area (Å²) in [6, 6.07) is 14.4. The predicted molar refractivity (Wildman–Crippen MR) is 81.4 cm³/mol.